The van der Waals surface area contributed by atoms with Gasteiger partial charge in [0.2, 0.25) is 0 Å². The molecule has 0 spiro atoms. The van der Waals surface area contributed by atoms with Crippen molar-refractivity contribution in [3.05, 3.63) is 24.5 Å². The SMILES string of the molecule is CNC1(CNc2cccnc2)CC1.Cl.Cl.Cl. The zero-order valence-corrected chi connectivity index (χ0v) is 11.6. The van der Waals surface area contributed by atoms with Gasteiger partial charge in [-0.2, -0.15) is 0 Å². The van der Waals surface area contributed by atoms with E-state index in [9.17, 15) is 0 Å². The molecule has 0 bridgehead atoms. The highest BCUT2D eigenvalue weighted by Crippen LogP contribution is 2.34. The predicted octanol–water partition coefficient (Wildman–Crippen LogP) is 2.51. The van der Waals surface area contributed by atoms with Gasteiger partial charge in [-0.3, -0.25) is 4.98 Å². The average Bonchev–Trinajstić information content (AvgIpc) is 2.97. The number of anilines is 1. The van der Waals surface area contributed by atoms with Gasteiger partial charge in [0.15, 0.2) is 0 Å². The maximum atomic E-state index is 4.05. The van der Waals surface area contributed by atoms with Gasteiger partial charge in [0.1, 0.15) is 0 Å². The van der Waals surface area contributed by atoms with Crippen LogP contribution in [-0.2, 0) is 0 Å². The highest BCUT2D eigenvalue weighted by Gasteiger charge is 2.40. The molecule has 3 nitrogen and oxygen atoms in total. The lowest BCUT2D eigenvalue weighted by molar-refractivity contribution is 0.578. The summed E-state index contributed by atoms with van der Waals surface area (Å²) in [7, 11) is 2.03. The number of likely N-dealkylation sites (N-methyl/N-ethyl adjacent to an activating group) is 1. The van der Waals surface area contributed by atoms with Crippen LogP contribution in [0.15, 0.2) is 24.5 Å². The molecule has 1 aliphatic rings. The van der Waals surface area contributed by atoms with Crippen LogP contribution in [0.4, 0.5) is 5.69 Å². The van der Waals surface area contributed by atoms with Gasteiger partial charge in [0.25, 0.3) is 0 Å². The number of hydrogen-bond acceptors (Lipinski definition) is 3. The molecule has 1 aliphatic carbocycles. The smallest absolute Gasteiger partial charge is 0.0527 e. The van der Waals surface area contributed by atoms with Gasteiger partial charge in [-0.25, -0.2) is 0 Å². The van der Waals surface area contributed by atoms with E-state index in [1.54, 1.807) is 6.20 Å². The Morgan fingerprint density at radius 2 is 2.00 bits per heavy atom. The fourth-order valence-corrected chi connectivity index (χ4v) is 1.40. The van der Waals surface area contributed by atoms with E-state index in [1.165, 1.54) is 12.8 Å². The largest absolute Gasteiger partial charge is 0.382 e. The predicted molar refractivity (Wildman–Crippen MR) is 75.5 cm³/mol. The Morgan fingerprint density at radius 1 is 1.31 bits per heavy atom. The van der Waals surface area contributed by atoms with E-state index in [4.69, 9.17) is 0 Å². The van der Waals surface area contributed by atoms with Crippen LogP contribution in [0.3, 0.4) is 0 Å². The molecule has 0 unspecified atom stereocenters. The molecule has 0 aromatic carbocycles. The maximum Gasteiger partial charge on any atom is 0.0527 e. The molecule has 2 N–H and O–H groups in total. The monoisotopic (exact) mass is 285 g/mol. The van der Waals surface area contributed by atoms with Gasteiger partial charge in [-0.05, 0) is 32.0 Å². The van der Waals surface area contributed by atoms with Crippen LogP contribution < -0.4 is 10.6 Å². The van der Waals surface area contributed by atoms with Gasteiger partial charge >= 0.3 is 0 Å². The second-order valence-electron chi connectivity index (χ2n) is 3.63. The number of pyridine rings is 1. The zero-order valence-electron chi connectivity index (χ0n) is 9.10. The molecule has 1 aromatic rings. The standard InChI is InChI=1S/C10H15N3.3ClH/c1-11-10(4-5-10)8-13-9-3-2-6-12-7-9;;;/h2-3,6-7,11,13H,4-5,8H2,1H3;3*1H. The lowest BCUT2D eigenvalue weighted by atomic mass is 10.2. The Hall–Kier alpha value is -0.220. The van der Waals surface area contributed by atoms with Crippen LogP contribution in [0.2, 0.25) is 0 Å². The minimum Gasteiger partial charge on any atom is -0.382 e. The van der Waals surface area contributed by atoms with Gasteiger partial charge in [-0.15, -0.1) is 37.2 Å². The summed E-state index contributed by atoms with van der Waals surface area (Å²) in [5.41, 5.74) is 1.46. The molecule has 0 atom stereocenters. The third kappa shape index (κ3) is 4.74. The average molecular weight is 287 g/mol. The van der Waals surface area contributed by atoms with Crippen molar-refractivity contribution in [1.82, 2.24) is 10.3 Å². The summed E-state index contributed by atoms with van der Waals surface area (Å²) in [5, 5.41) is 6.71. The highest BCUT2D eigenvalue weighted by molar-refractivity contribution is 5.86. The fourth-order valence-electron chi connectivity index (χ4n) is 1.40. The van der Waals surface area contributed by atoms with Crippen LogP contribution in [-0.4, -0.2) is 24.1 Å². The first-order valence-electron chi connectivity index (χ1n) is 4.67. The molecule has 6 heteroatoms. The van der Waals surface area contributed by atoms with Gasteiger partial charge < -0.3 is 10.6 Å². The Kier molecular flexibility index (Phi) is 9.03. The second-order valence-corrected chi connectivity index (χ2v) is 3.63. The maximum absolute atomic E-state index is 4.05. The number of aromatic nitrogens is 1. The minimum absolute atomic E-state index is 0. The zero-order chi connectivity index (χ0) is 9.15. The quantitative estimate of drug-likeness (QED) is 0.893. The minimum atomic E-state index is 0. The molecule has 16 heavy (non-hydrogen) atoms. The second kappa shape index (κ2) is 7.96. The first kappa shape index (κ1) is 18.2. The summed E-state index contributed by atoms with van der Waals surface area (Å²) in [4.78, 5) is 4.05. The van der Waals surface area contributed by atoms with Crippen molar-refractivity contribution >= 4 is 42.9 Å². The summed E-state index contributed by atoms with van der Waals surface area (Å²) < 4.78 is 0. The van der Waals surface area contributed by atoms with Gasteiger partial charge in [0, 0.05) is 24.5 Å². The molecule has 0 amide bonds. The summed E-state index contributed by atoms with van der Waals surface area (Å²) >= 11 is 0. The van der Waals surface area contributed by atoms with E-state index < -0.39 is 0 Å². The number of nitrogens with one attached hydrogen (secondary N) is 2. The first-order chi connectivity index (χ1) is 6.35. The summed E-state index contributed by atoms with van der Waals surface area (Å²) in [6.07, 6.45) is 6.19. The van der Waals surface area contributed by atoms with Crippen molar-refractivity contribution in [2.45, 2.75) is 18.4 Å². The van der Waals surface area contributed by atoms with Gasteiger partial charge in [-0.1, -0.05) is 0 Å². The Morgan fingerprint density at radius 3 is 2.44 bits per heavy atom. The highest BCUT2D eigenvalue weighted by atomic mass is 35.5. The summed E-state index contributed by atoms with van der Waals surface area (Å²) in [5.74, 6) is 0. The normalized spacial score (nSPS) is 14.8. The first-order valence-corrected chi connectivity index (χ1v) is 4.67. The molecular weight excluding hydrogens is 268 g/mol. The van der Waals surface area contributed by atoms with Crippen molar-refractivity contribution in [3.8, 4) is 0 Å². The van der Waals surface area contributed by atoms with Crippen LogP contribution in [0, 0.1) is 0 Å². The number of hydrogen-bond donors (Lipinski definition) is 2. The Balaban J connectivity index is 0. The number of rotatable bonds is 4. The van der Waals surface area contributed by atoms with Crippen molar-refractivity contribution in [3.63, 3.8) is 0 Å². The molecule has 0 saturated heterocycles. The molecule has 2 rings (SSSR count). The van der Waals surface area contributed by atoms with Crippen LogP contribution in [0.5, 0.6) is 0 Å². The van der Waals surface area contributed by atoms with E-state index in [1.807, 2.05) is 25.4 Å². The third-order valence-corrected chi connectivity index (χ3v) is 2.68. The van der Waals surface area contributed by atoms with E-state index in [0.717, 1.165) is 12.2 Å². The van der Waals surface area contributed by atoms with E-state index in [0.29, 0.717) is 5.54 Å². The summed E-state index contributed by atoms with van der Waals surface area (Å²) in [6.45, 7) is 0.995. The number of halogens is 3. The van der Waals surface area contributed by atoms with Crippen LogP contribution in [0.1, 0.15) is 12.8 Å². The fraction of sp³-hybridized carbons (Fsp3) is 0.500. The van der Waals surface area contributed by atoms with Crippen LogP contribution in [0.25, 0.3) is 0 Å². The molecule has 1 fully saturated rings. The Bertz CT molecular complexity index is 278. The van der Waals surface area contributed by atoms with Crippen molar-refractivity contribution in [2.75, 3.05) is 18.9 Å². The topological polar surface area (TPSA) is 37.0 Å². The molecule has 0 aliphatic heterocycles. The molecule has 1 heterocycles. The molecule has 1 saturated carbocycles. The molecule has 94 valence electrons. The van der Waals surface area contributed by atoms with Crippen LogP contribution >= 0.6 is 37.2 Å². The van der Waals surface area contributed by atoms with Crippen molar-refractivity contribution in [1.29, 1.82) is 0 Å². The van der Waals surface area contributed by atoms with E-state index >= 15 is 0 Å². The molecule has 1 aromatic heterocycles. The lowest BCUT2D eigenvalue weighted by Gasteiger charge is -2.15. The van der Waals surface area contributed by atoms with Gasteiger partial charge in [0.05, 0.1) is 5.69 Å². The number of nitrogens with zero attached hydrogens (tertiary/aromatic N) is 1. The molecule has 0 radical (unpaired) electrons. The molecular formula is C10H18Cl3N3. The van der Waals surface area contributed by atoms with Crippen molar-refractivity contribution < 1.29 is 0 Å². The third-order valence-electron chi connectivity index (χ3n) is 2.68. The lowest BCUT2D eigenvalue weighted by Crippen LogP contribution is -2.34. The van der Waals surface area contributed by atoms with E-state index in [2.05, 4.69) is 15.6 Å². The van der Waals surface area contributed by atoms with E-state index in [-0.39, 0.29) is 37.2 Å². The Labute approximate surface area is 115 Å². The summed E-state index contributed by atoms with van der Waals surface area (Å²) in [6, 6.07) is 3.99. The van der Waals surface area contributed by atoms with Crippen molar-refractivity contribution in [2.24, 2.45) is 0 Å².